The van der Waals surface area contributed by atoms with Crippen molar-refractivity contribution in [3.63, 3.8) is 0 Å². The van der Waals surface area contributed by atoms with Crippen LogP contribution in [0.25, 0.3) is 16.8 Å². The number of aromatic amines is 1. The van der Waals surface area contributed by atoms with Crippen molar-refractivity contribution < 1.29 is 8.42 Å². The van der Waals surface area contributed by atoms with Crippen LogP contribution in [0, 0.1) is 29.1 Å². The van der Waals surface area contributed by atoms with Crippen LogP contribution in [0.3, 0.4) is 0 Å². The lowest BCUT2D eigenvalue weighted by Gasteiger charge is -2.34. The van der Waals surface area contributed by atoms with Gasteiger partial charge >= 0.3 is 0 Å². The number of aromatic nitrogens is 5. The number of sulfonamides is 1. The molecule has 29 heavy (non-hydrogen) atoms. The third kappa shape index (κ3) is 3.00. The number of nitrogens with zero attached hydrogens (tertiary/aromatic N) is 6. The predicted octanol–water partition coefficient (Wildman–Crippen LogP) is 1.91. The van der Waals surface area contributed by atoms with Crippen molar-refractivity contribution in [3.05, 3.63) is 24.3 Å². The first kappa shape index (κ1) is 18.5. The molecule has 0 amide bonds. The van der Waals surface area contributed by atoms with Gasteiger partial charge in [0.2, 0.25) is 10.0 Å². The third-order valence-corrected chi connectivity index (χ3v) is 8.46. The van der Waals surface area contributed by atoms with Crippen molar-refractivity contribution in [2.75, 3.05) is 18.8 Å². The molecule has 1 aliphatic heterocycles. The molecule has 1 aliphatic carbocycles. The largest absolute Gasteiger partial charge is 0.345 e. The molecule has 1 unspecified atom stereocenters. The van der Waals surface area contributed by atoms with Crippen molar-refractivity contribution in [2.45, 2.75) is 32.1 Å². The summed E-state index contributed by atoms with van der Waals surface area (Å²) in [6.07, 6.45) is 6.18. The summed E-state index contributed by atoms with van der Waals surface area (Å²) in [5.41, 5.74) is 2.44. The molecule has 2 fully saturated rings. The highest BCUT2D eigenvalue weighted by atomic mass is 32.2. The second-order valence-electron chi connectivity index (χ2n) is 8.26. The molecule has 3 atom stereocenters. The number of hydrogen-bond donors (Lipinski definition) is 1. The Bertz CT molecular complexity index is 1200. The van der Waals surface area contributed by atoms with Crippen LogP contribution in [0.4, 0.5) is 0 Å². The Morgan fingerprint density at radius 1 is 1.31 bits per heavy atom. The van der Waals surface area contributed by atoms with E-state index in [1.165, 1.54) is 4.31 Å². The maximum Gasteiger partial charge on any atom is 0.214 e. The van der Waals surface area contributed by atoms with Crippen LogP contribution in [0.5, 0.6) is 0 Å². The second-order valence-corrected chi connectivity index (χ2v) is 10.3. The fourth-order valence-corrected chi connectivity index (χ4v) is 6.82. The van der Waals surface area contributed by atoms with E-state index in [0.29, 0.717) is 24.7 Å². The van der Waals surface area contributed by atoms with E-state index < -0.39 is 10.0 Å². The molecule has 5 rings (SSSR count). The number of rotatable bonds is 5. The molecule has 10 heteroatoms. The van der Waals surface area contributed by atoms with Gasteiger partial charge in [0.1, 0.15) is 5.82 Å². The second kappa shape index (κ2) is 6.78. The van der Waals surface area contributed by atoms with Crippen LogP contribution in [0.2, 0.25) is 0 Å². The third-order valence-electron chi connectivity index (χ3n) is 6.49. The summed E-state index contributed by atoms with van der Waals surface area (Å²) < 4.78 is 29.0. The monoisotopic (exact) mass is 413 g/mol. The Morgan fingerprint density at radius 3 is 2.90 bits per heavy atom. The molecule has 1 saturated carbocycles. The SMILES string of the molecule is CC[C@@H]1CC(CS(=O)(=O)N2CC(C#N)C2)C[C@@H]1c1nnc2cnc3[nH]ccc3n12. The van der Waals surface area contributed by atoms with Gasteiger partial charge in [0, 0.05) is 25.2 Å². The zero-order valence-electron chi connectivity index (χ0n) is 16.2. The van der Waals surface area contributed by atoms with Gasteiger partial charge in [-0.25, -0.2) is 13.4 Å². The predicted molar refractivity (Wildman–Crippen MR) is 106 cm³/mol. The Hall–Kier alpha value is -2.51. The van der Waals surface area contributed by atoms with E-state index in [2.05, 4.69) is 37.6 Å². The minimum atomic E-state index is -3.32. The molecule has 1 saturated heterocycles. The molecule has 3 aromatic rings. The van der Waals surface area contributed by atoms with E-state index >= 15 is 0 Å². The van der Waals surface area contributed by atoms with Gasteiger partial charge in [0.15, 0.2) is 11.3 Å². The van der Waals surface area contributed by atoms with E-state index in [9.17, 15) is 8.42 Å². The molecule has 9 nitrogen and oxygen atoms in total. The molecule has 2 aliphatic rings. The molecule has 1 N–H and O–H groups in total. The van der Waals surface area contributed by atoms with Gasteiger partial charge in [0.05, 0.1) is 29.5 Å². The van der Waals surface area contributed by atoms with Crippen LogP contribution in [0.1, 0.15) is 37.9 Å². The number of hydrogen-bond acceptors (Lipinski definition) is 6. The number of fused-ring (bicyclic) bond motifs is 3. The molecular weight excluding hydrogens is 390 g/mol. The molecule has 152 valence electrons. The number of nitrogens with one attached hydrogen (secondary N) is 1. The van der Waals surface area contributed by atoms with Gasteiger partial charge in [-0.2, -0.15) is 9.57 Å². The van der Waals surface area contributed by atoms with Gasteiger partial charge < -0.3 is 4.98 Å². The molecule has 0 aromatic carbocycles. The summed E-state index contributed by atoms with van der Waals surface area (Å²) in [4.78, 5) is 7.50. The van der Waals surface area contributed by atoms with Crippen LogP contribution >= 0.6 is 0 Å². The Balaban J connectivity index is 1.41. The summed E-state index contributed by atoms with van der Waals surface area (Å²) >= 11 is 0. The molecule has 0 bridgehead atoms. The van der Waals surface area contributed by atoms with Crippen LogP contribution < -0.4 is 0 Å². The summed E-state index contributed by atoms with van der Waals surface area (Å²) in [5.74, 6) is 1.51. The highest BCUT2D eigenvalue weighted by Gasteiger charge is 2.42. The lowest BCUT2D eigenvalue weighted by atomic mass is 9.93. The normalized spacial score (nSPS) is 26.1. The zero-order chi connectivity index (χ0) is 20.2. The average molecular weight is 414 g/mol. The first-order chi connectivity index (χ1) is 14.0. The number of H-pyrrole nitrogens is 1. The van der Waals surface area contributed by atoms with E-state index in [1.807, 2.05) is 12.3 Å². The van der Waals surface area contributed by atoms with Crippen molar-refractivity contribution in [3.8, 4) is 6.07 Å². The fraction of sp³-hybridized carbons (Fsp3) is 0.579. The minimum Gasteiger partial charge on any atom is -0.345 e. The summed E-state index contributed by atoms with van der Waals surface area (Å²) in [6.45, 7) is 2.82. The van der Waals surface area contributed by atoms with E-state index in [0.717, 1.165) is 36.3 Å². The van der Waals surface area contributed by atoms with Gasteiger partial charge in [-0.15, -0.1) is 10.2 Å². The number of nitriles is 1. The standard InChI is InChI=1S/C19H23N7O2S/c1-2-14-5-12(11-29(27,28)25-9-13(7-20)10-25)6-15(14)19-24-23-17-8-22-18-16(26(17)19)3-4-21-18/h3-4,8,12-15,21H,2,5-6,9-11H2,1H3/t12?,14-,15+/m1/s1. The summed E-state index contributed by atoms with van der Waals surface area (Å²) in [6, 6.07) is 4.10. The Labute approximate surface area is 168 Å². The first-order valence-electron chi connectivity index (χ1n) is 10.0. The van der Waals surface area contributed by atoms with Crippen molar-refractivity contribution in [1.82, 2.24) is 28.9 Å². The highest BCUT2D eigenvalue weighted by molar-refractivity contribution is 7.89. The fourth-order valence-electron chi connectivity index (χ4n) is 4.93. The Kier molecular flexibility index (Phi) is 4.33. The van der Waals surface area contributed by atoms with Crippen molar-refractivity contribution in [1.29, 1.82) is 5.26 Å². The van der Waals surface area contributed by atoms with E-state index in [-0.39, 0.29) is 23.5 Å². The summed E-state index contributed by atoms with van der Waals surface area (Å²) in [7, 11) is -3.32. The minimum absolute atomic E-state index is 0.0898. The molecule has 4 heterocycles. The molecule has 3 aromatic heterocycles. The highest BCUT2D eigenvalue weighted by Crippen LogP contribution is 2.45. The van der Waals surface area contributed by atoms with Gasteiger partial charge in [-0.1, -0.05) is 13.3 Å². The van der Waals surface area contributed by atoms with Crippen LogP contribution in [0.15, 0.2) is 18.5 Å². The van der Waals surface area contributed by atoms with Gasteiger partial charge in [-0.3, -0.25) is 4.40 Å². The lowest BCUT2D eigenvalue weighted by Crippen LogP contribution is -2.50. The molecular formula is C19H23N7O2S. The topological polar surface area (TPSA) is 120 Å². The van der Waals surface area contributed by atoms with Gasteiger partial charge in [0.25, 0.3) is 0 Å². The van der Waals surface area contributed by atoms with Crippen LogP contribution in [-0.2, 0) is 10.0 Å². The maximum atomic E-state index is 12.7. The van der Waals surface area contributed by atoms with E-state index in [4.69, 9.17) is 5.26 Å². The smallest absolute Gasteiger partial charge is 0.214 e. The van der Waals surface area contributed by atoms with E-state index in [1.54, 1.807) is 6.20 Å². The summed E-state index contributed by atoms with van der Waals surface area (Å²) in [5, 5.41) is 17.7. The lowest BCUT2D eigenvalue weighted by molar-refractivity contribution is 0.247. The molecule has 0 radical (unpaired) electrons. The maximum absolute atomic E-state index is 12.7. The average Bonchev–Trinajstić information content (AvgIpc) is 3.36. The van der Waals surface area contributed by atoms with Crippen molar-refractivity contribution in [2.24, 2.45) is 17.8 Å². The quantitative estimate of drug-likeness (QED) is 0.682. The van der Waals surface area contributed by atoms with Crippen LogP contribution in [-0.4, -0.2) is 56.1 Å². The zero-order valence-corrected chi connectivity index (χ0v) is 17.0. The Morgan fingerprint density at radius 2 is 2.14 bits per heavy atom. The first-order valence-corrected chi connectivity index (χ1v) is 11.7. The molecule has 0 spiro atoms. The van der Waals surface area contributed by atoms with Crippen molar-refractivity contribution >= 4 is 26.8 Å². The van der Waals surface area contributed by atoms with Gasteiger partial charge in [-0.05, 0) is 30.7 Å².